The van der Waals surface area contributed by atoms with Crippen molar-refractivity contribution in [2.45, 2.75) is 86.0 Å². The SMILES string of the molecule is C/C=C/COc1cc(C)c(OC2CCCC(OCc3ccc(/C(C)=N\OC)cc3)C2)c(C)c1.CC. The van der Waals surface area contributed by atoms with E-state index in [1.807, 2.05) is 39.8 Å². The molecule has 192 valence electrons. The average molecular weight is 482 g/mol. The molecule has 0 saturated heterocycles. The summed E-state index contributed by atoms with van der Waals surface area (Å²) in [7, 11) is 1.56. The Labute approximate surface area is 212 Å². The second kappa shape index (κ2) is 15.3. The molecule has 1 saturated carbocycles. The van der Waals surface area contributed by atoms with Crippen molar-refractivity contribution < 1.29 is 19.0 Å². The van der Waals surface area contributed by atoms with Crippen LogP contribution in [-0.4, -0.2) is 31.6 Å². The highest BCUT2D eigenvalue weighted by atomic mass is 16.6. The summed E-state index contributed by atoms with van der Waals surface area (Å²) in [6.07, 6.45) is 8.54. The van der Waals surface area contributed by atoms with E-state index in [1.54, 1.807) is 7.11 Å². The Kier molecular flexibility index (Phi) is 12.4. The first-order chi connectivity index (χ1) is 17.0. The molecule has 0 bridgehead atoms. The maximum Gasteiger partial charge on any atom is 0.125 e. The van der Waals surface area contributed by atoms with Crippen molar-refractivity contribution in [3.63, 3.8) is 0 Å². The van der Waals surface area contributed by atoms with Crippen LogP contribution in [0.4, 0.5) is 0 Å². The molecular formula is C30H43NO4. The molecule has 0 radical (unpaired) electrons. The monoisotopic (exact) mass is 481 g/mol. The molecule has 2 aromatic carbocycles. The maximum absolute atomic E-state index is 6.47. The number of ether oxygens (including phenoxy) is 3. The minimum absolute atomic E-state index is 0.172. The molecule has 1 aliphatic carbocycles. The Bertz CT molecular complexity index is 926. The van der Waals surface area contributed by atoms with Gasteiger partial charge in [-0.25, -0.2) is 0 Å². The largest absolute Gasteiger partial charge is 0.490 e. The fourth-order valence-corrected chi connectivity index (χ4v) is 4.19. The van der Waals surface area contributed by atoms with E-state index < -0.39 is 0 Å². The smallest absolute Gasteiger partial charge is 0.125 e. The lowest BCUT2D eigenvalue weighted by atomic mass is 9.94. The zero-order valence-electron chi connectivity index (χ0n) is 22.6. The molecule has 0 aliphatic heterocycles. The molecule has 35 heavy (non-hydrogen) atoms. The van der Waals surface area contributed by atoms with Gasteiger partial charge in [-0.3, -0.25) is 0 Å². The number of hydrogen-bond donors (Lipinski definition) is 0. The average Bonchev–Trinajstić information content (AvgIpc) is 2.87. The van der Waals surface area contributed by atoms with Crippen molar-refractivity contribution in [1.29, 1.82) is 0 Å². The van der Waals surface area contributed by atoms with E-state index in [2.05, 4.69) is 55.4 Å². The van der Waals surface area contributed by atoms with Gasteiger partial charge in [0.25, 0.3) is 0 Å². The van der Waals surface area contributed by atoms with E-state index in [4.69, 9.17) is 19.0 Å². The van der Waals surface area contributed by atoms with Crippen LogP contribution in [0.1, 0.15) is 75.6 Å². The van der Waals surface area contributed by atoms with Crippen molar-refractivity contribution >= 4 is 5.71 Å². The Morgan fingerprint density at radius 1 is 1.03 bits per heavy atom. The number of oxime groups is 1. The predicted molar refractivity (Wildman–Crippen MR) is 145 cm³/mol. The lowest BCUT2D eigenvalue weighted by Crippen LogP contribution is -2.30. The molecule has 1 fully saturated rings. The van der Waals surface area contributed by atoms with Crippen molar-refractivity contribution in [1.82, 2.24) is 0 Å². The quantitative estimate of drug-likeness (QED) is 0.200. The zero-order valence-corrected chi connectivity index (χ0v) is 22.6. The first kappa shape index (κ1) is 28.4. The molecule has 5 nitrogen and oxygen atoms in total. The number of nitrogens with zero attached hydrogens (tertiary/aromatic N) is 1. The van der Waals surface area contributed by atoms with Crippen molar-refractivity contribution in [3.05, 3.63) is 70.8 Å². The Balaban J connectivity index is 0.00000210. The van der Waals surface area contributed by atoms with Gasteiger partial charge in [0.2, 0.25) is 0 Å². The van der Waals surface area contributed by atoms with Crippen LogP contribution >= 0.6 is 0 Å². The molecular weight excluding hydrogens is 438 g/mol. The van der Waals surface area contributed by atoms with E-state index in [0.717, 1.165) is 65.1 Å². The molecule has 0 N–H and O–H groups in total. The van der Waals surface area contributed by atoms with Crippen LogP contribution in [0, 0.1) is 13.8 Å². The summed E-state index contributed by atoms with van der Waals surface area (Å²) in [5.41, 5.74) is 5.30. The van der Waals surface area contributed by atoms with Gasteiger partial charge in [0, 0.05) is 6.42 Å². The molecule has 0 amide bonds. The molecule has 1 aliphatic rings. The van der Waals surface area contributed by atoms with Gasteiger partial charge in [-0.1, -0.05) is 55.4 Å². The van der Waals surface area contributed by atoms with E-state index in [1.165, 1.54) is 0 Å². The number of rotatable bonds is 10. The minimum atomic E-state index is 0.172. The number of aryl methyl sites for hydroxylation is 2. The zero-order chi connectivity index (χ0) is 25.6. The third-order valence-electron chi connectivity index (χ3n) is 5.96. The molecule has 2 aromatic rings. The highest BCUT2D eigenvalue weighted by molar-refractivity contribution is 5.98. The summed E-state index contributed by atoms with van der Waals surface area (Å²) in [6.45, 7) is 13.3. The molecule has 0 heterocycles. The summed E-state index contributed by atoms with van der Waals surface area (Å²) in [5, 5.41) is 3.98. The van der Waals surface area contributed by atoms with Gasteiger partial charge in [0.1, 0.15) is 31.3 Å². The van der Waals surface area contributed by atoms with Gasteiger partial charge >= 0.3 is 0 Å². The third kappa shape index (κ3) is 9.06. The highest BCUT2D eigenvalue weighted by Crippen LogP contribution is 2.33. The lowest BCUT2D eigenvalue weighted by molar-refractivity contribution is -0.0165. The van der Waals surface area contributed by atoms with E-state index in [0.29, 0.717) is 13.2 Å². The topological polar surface area (TPSA) is 49.3 Å². The van der Waals surface area contributed by atoms with Crippen LogP contribution < -0.4 is 9.47 Å². The predicted octanol–water partition coefficient (Wildman–Crippen LogP) is 7.56. The third-order valence-corrected chi connectivity index (χ3v) is 5.96. The summed E-state index contributed by atoms with van der Waals surface area (Å²) in [4.78, 5) is 4.85. The molecule has 3 rings (SSSR count). The van der Waals surface area contributed by atoms with Crippen LogP contribution in [0.15, 0.2) is 53.7 Å². The van der Waals surface area contributed by atoms with Crippen LogP contribution in [0.25, 0.3) is 0 Å². The fourth-order valence-electron chi connectivity index (χ4n) is 4.19. The van der Waals surface area contributed by atoms with Crippen LogP contribution in [0.3, 0.4) is 0 Å². The fraction of sp³-hybridized carbons (Fsp3) is 0.500. The first-order valence-corrected chi connectivity index (χ1v) is 12.8. The normalized spacial score (nSPS) is 18.1. The Hall–Kier alpha value is -2.79. The number of allylic oxidation sites excluding steroid dienone is 1. The van der Waals surface area contributed by atoms with Crippen LogP contribution in [0.2, 0.25) is 0 Å². The van der Waals surface area contributed by atoms with Gasteiger partial charge in [-0.05, 0) is 81.3 Å². The van der Waals surface area contributed by atoms with E-state index >= 15 is 0 Å². The van der Waals surface area contributed by atoms with Crippen molar-refractivity contribution in [2.75, 3.05) is 13.7 Å². The van der Waals surface area contributed by atoms with E-state index in [9.17, 15) is 0 Å². The molecule has 5 heteroatoms. The number of benzene rings is 2. The standard InChI is InChI=1S/C28H37NO4.C2H6/c1-6-7-15-31-27-16-20(2)28(21(3)17-27)33-26-10-8-9-25(18-26)32-19-23-11-13-24(14-12-23)22(4)29-30-5;1-2/h6-7,11-14,16-17,25-26H,8-10,15,18-19H2,1-5H3;1-2H3/b7-6+,29-22-;. The molecule has 2 unspecified atom stereocenters. The van der Waals surface area contributed by atoms with Gasteiger partial charge in [0.05, 0.1) is 18.4 Å². The summed E-state index contributed by atoms with van der Waals surface area (Å²) in [5.74, 6) is 1.86. The molecule has 0 aromatic heterocycles. The second-order valence-electron chi connectivity index (χ2n) is 8.66. The molecule has 2 atom stereocenters. The van der Waals surface area contributed by atoms with Crippen molar-refractivity contribution in [2.24, 2.45) is 5.16 Å². The Morgan fingerprint density at radius 3 is 2.31 bits per heavy atom. The highest BCUT2D eigenvalue weighted by Gasteiger charge is 2.25. The van der Waals surface area contributed by atoms with Gasteiger partial charge < -0.3 is 19.0 Å². The Morgan fingerprint density at radius 2 is 1.69 bits per heavy atom. The maximum atomic E-state index is 6.47. The van der Waals surface area contributed by atoms with Crippen molar-refractivity contribution in [3.8, 4) is 11.5 Å². The van der Waals surface area contributed by atoms with Crippen LogP contribution in [-0.2, 0) is 16.2 Å². The van der Waals surface area contributed by atoms with Gasteiger partial charge in [0.15, 0.2) is 0 Å². The van der Waals surface area contributed by atoms with Gasteiger partial charge in [-0.15, -0.1) is 0 Å². The minimum Gasteiger partial charge on any atom is -0.490 e. The number of hydrogen-bond acceptors (Lipinski definition) is 5. The summed E-state index contributed by atoms with van der Waals surface area (Å²) < 4.78 is 18.5. The van der Waals surface area contributed by atoms with Crippen LogP contribution in [0.5, 0.6) is 11.5 Å². The second-order valence-corrected chi connectivity index (χ2v) is 8.66. The summed E-state index contributed by atoms with van der Waals surface area (Å²) in [6, 6.07) is 12.4. The van der Waals surface area contributed by atoms with E-state index in [-0.39, 0.29) is 12.2 Å². The summed E-state index contributed by atoms with van der Waals surface area (Å²) >= 11 is 0. The lowest BCUT2D eigenvalue weighted by Gasteiger charge is -2.30. The molecule has 0 spiro atoms. The van der Waals surface area contributed by atoms with Gasteiger partial charge in [-0.2, -0.15) is 0 Å². The first-order valence-electron chi connectivity index (χ1n) is 12.8.